The van der Waals surface area contributed by atoms with E-state index in [0.717, 1.165) is 55.3 Å². The van der Waals surface area contributed by atoms with E-state index in [0.29, 0.717) is 24.0 Å². The Labute approximate surface area is 212 Å². The molecule has 12 heteroatoms. The molecule has 0 radical (unpaired) electrons. The van der Waals surface area contributed by atoms with Crippen molar-refractivity contribution in [2.24, 2.45) is 0 Å². The molecule has 0 saturated carbocycles. The molecule has 0 bridgehead atoms. The molecule has 2 aliphatic rings. The highest BCUT2D eigenvalue weighted by molar-refractivity contribution is 7.90. The fourth-order valence-corrected chi connectivity index (χ4v) is 4.92. The predicted molar refractivity (Wildman–Crippen MR) is 125 cm³/mol. The van der Waals surface area contributed by atoms with Gasteiger partial charge in [0.15, 0.2) is 15.9 Å². The van der Waals surface area contributed by atoms with Crippen LogP contribution in [0, 0.1) is 0 Å². The third kappa shape index (κ3) is 5.90. The van der Waals surface area contributed by atoms with E-state index in [4.69, 9.17) is 25.8 Å². The summed E-state index contributed by atoms with van der Waals surface area (Å²) in [6.45, 7) is 2.29. The standard InChI is InChI=1S/C24H25ClF3NO6S/c1-14(24(26,27)28)34-21-4-3-18(36(2,31)32)11-19(21)23(30)29-12-15-9-20(25)22(10-16(15)13-29)35-17-5-7-33-8-6-17/h3-4,9-11,14,17H,5-8,12-13H2,1-2H3/t14-/m0/s1. The molecule has 36 heavy (non-hydrogen) atoms. The summed E-state index contributed by atoms with van der Waals surface area (Å²) < 4.78 is 79.9. The van der Waals surface area contributed by atoms with Crippen LogP contribution in [0.2, 0.25) is 5.02 Å². The van der Waals surface area contributed by atoms with Crippen LogP contribution in [-0.2, 0) is 27.7 Å². The number of carbonyl (C=O) groups is 1. The van der Waals surface area contributed by atoms with Gasteiger partial charge >= 0.3 is 6.18 Å². The number of amides is 1. The first kappa shape index (κ1) is 26.6. The van der Waals surface area contributed by atoms with Gasteiger partial charge < -0.3 is 19.1 Å². The van der Waals surface area contributed by atoms with Crippen molar-refractivity contribution >= 4 is 27.3 Å². The number of ether oxygens (including phenoxy) is 3. The van der Waals surface area contributed by atoms with Crippen LogP contribution in [-0.4, -0.2) is 57.1 Å². The third-order valence-corrected chi connectivity index (χ3v) is 7.51. The Morgan fingerprint density at radius 1 is 1.11 bits per heavy atom. The maximum absolute atomic E-state index is 13.4. The second-order valence-electron chi connectivity index (χ2n) is 8.87. The topological polar surface area (TPSA) is 82.1 Å². The second kappa shape index (κ2) is 10.1. The van der Waals surface area contributed by atoms with E-state index in [1.807, 2.05) is 0 Å². The van der Waals surface area contributed by atoms with Crippen LogP contribution in [0.3, 0.4) is 0 Å². The lowest BCUT2D eigenvalue weighted by Crippen LogP contribution is -2.32. The van der Waals surface area contributed by atoms with Crippen molar-refractivity contribution in [1.29, 1.82) is 0 Å². The van der Waals surface area contributed by atoms with Crippen molar-refractivity contribution in [2.45, 2.75) is 56.1 Å². The smallest absolute Gasteiger partial charge is 0.425 e. The molecule has 2 aromatic rings. The minimum atomic E-state index is -4.67. The van der Waals surface area contributed by atoms with Crippen LogP contribution in [0.4, 0.5) is 13.2 Å². The minimum Gasteiger partial charge on any atom is -0.489 e. The van der Waals surface area contributed by atoms with Crippen molar-refractivity contribution in [2.75, 3.05) is 19.5 Å². The Morgan fingerprint density at radius 2 is 1.75 bits per heavy atom. The Balaban J connectivity index is 1.60. The Bertz CT molecular complexity index is 1260. The van der Waals surface area contributed by atoms with Crippen LogP contribution in [0.5, 0.6) is 11.5 Å². The van der Waals surface area contributed by atoms with Gasteiger partial charge in [-0.2, -0.15) is 13.2 Å². The first-order valence-corrected chi connectivity index (χ1v) is 13.5. The molecule has 2 aliphatic heterocycles. The number of fused-ring (bicyclic) bond motifs is 1. The summed E-state index contributed by atoms with van der Waals surface area (Å²) in [5.41, 5.74) is 1.27. The molecule has 0 N–H and O–H groups in total. The van der Waals surface area contributed by atoms with Gasteiger partial charge in [0.25, 0.3) is 5.91 Å². The van der Waals surface area contributed by atoms with Crippen LogP contribution in [0.25, 0.3) is 0 Å². The molecule has 2 heterocycles. The maximum Gasteiger partial charge on any atom is 0.425 e. The van der Waals surface area contributed by atoms with Gasteiger partial charge in [0, 0.05) is 32.2 Å². The monoisotopic (exact) mass is 547 g/mol. The summed E-state index contributed by atoms with van der Waals surface area (Å²) in [7, 11) is -3.73. The minimum absolute atomic E-state index is 0.0394. The number of carbonyl (C=O) groups excluding carboxylic acids is 1. The molecular weight excluding hydrogens is 523 g/mol. The van der Waals surface area contributed by atoms with E-state index in [-0.39, 0.29) is 35.4 Å². The highest BCUT2D eigenvalue weighted by atomic mass is 35.5. The average Bonchev–Trinajstić information content (AvgIpc) is 3.21. The van der Waals surface area contributed by atoms with Crippen LogP contribution >= 0.6 is 11.6 Å². The molecule has 196 valence electrons. The number of hydrogen-bond acceptors (Lipinski definition) is 6. The van der Waals surface area contributed by atoms with E-state index < -0.39 is 28.0 Å². The van der Waals surface area contributed by atoms with E-state index in [2.05, 4.69) is 0 Å². The summed E-state index contributed by atoms with van der Waals surface area (Å²) in [6.07, 6.45) is -4.50. The Hall–Kier alpha value is -2.50. The van der Waals surface area contributed by atoms with Gasteiger partial charge in [-0.1, -0.05) is 11.6 Å². The first-order valence-electron chi connectivity index (χ1n) is 11.3. The molecule has 0 unspecified atom stereocenters. The number of benzene rings is 2. The number of hydrogen-bond donors (Lipinski definition) is 0. The number of rotatable bonds is 6. The van der Waals surface area contributed by atoms with Gasteiger partial charge in [0.05, 0.1) is 28.7 Å². The molecule has 1 fully saturated rings. The lowest BCUT2D eigenvalue weighted by molar-refractivity contribution is -0.189. The maximum atomic E-state index is 13.4. The fraction of sp³-hybridized carbons (Fsp3) is 0.458. The van der Waals surface area contributed by atoms with E-state index >= 15 is 0 Å². The molecule has 1 amide bonds. The zero-order valence-corrected chi connectivity index (χ0v) is 21.2. The van der Waals surface area contributed by atoms with Gasteiger partial charge in [0.2, 0.25) is 0 Å². The summed E-state index contributed by atoms with van der Waals surface area (Å²) in [5.74, 6) is -0.530. The molecule has 0 aliphatic carbocycles. The van der Waals surface area contributed by atoms with E-state index in [1.54, 1.807) is 12.1 Å². The summed E-state index contributed by atoms with van der Waals surface area (Å²) >= 11 is 6.41. The number of alkyl halides is 3. The second-order valence-corrected chi connectivity index (χ2v) is 11.3. The van der Waals surface area contributed by atoms with Gasteiger partial charge in [-0.3, -0.25) is 4.79 Å². The third-order valence-electron chi connectivity index (χ3n) is 6.10. The molecule has 4 rings (SSSR count). The van der Waals surface area contributed by atoms with Gasteiger partial charge in [-0.05, 0) is 48.4 Å². The number of sulfone groups is 1. The van der Waals surface area contributed by atoms with Gasteiger partial charge in [-0.15, -0.1) is 0 Å². The Morgan fingerprint density at radius 3 is 2.36 bits per heavy atom. The van der Waals surface area contributed by atoms with Crippen molar-refractivity contribution in [3.63, 3.8) is 0 Å². The van der Waals surface area contributed by atoms with Crippen molar-refractivity contribution in [1.82, 2.24) is 4.90 Å². The van der Waals surface area contributed by atoms with Crippen molar-refractivity contribution in [3.05, 3.63) is 52.0 Å². The largest absolute Gasteiger partial charge is 0.489 e. The lowest BCUT2D eigenvalue weighted by Gasteiger charge is -2.24. The molecule has 1 atom stereocenters. The molecule has 7 nitrogen and oxygen atoms in total. The quantitative estimate of drug-likeness (QED) is 0.517. The van der Waals surface area contributed by atoms with Crippen LogP contribution in [0.15, 0.2) is 35.2 Å². The normalized spacial score (nSPS) is 17.6. The molecule has 1 saturated heterocycles. The molecular formula is C24H25ClF3NO6S. The highest BCUT2D eigenvalue weighted by Gasteiger charge is 2.39. The summed E-state index contributed by atoms with van der Waals surface area (Å²) in [5, 5.41) is 0.386. The Kier molecular flexibility index (Phi) is 7.45. The van der Waals surface area contributed by atoms with Gasteiger partial charge in [0.1, 0.15) is 17.6 Å². The number of nitrogens with zero attached hydrogens (tertiary/aromatic N) is 1. The first-order chi connectivity index (χ1) is 16.8. The molecule has 0 aromatic heterocycles. The highest BCUT2D eigenvalue weighted by Crippen LogP contribution is 2.36. The van der Waals surface area contributed by atoms with Crippen LogP contribution in [0.1, 0.15) is 41.3 Å². The number of halogens is 4. The predicted octanol–water partition coefficient (Wildman–Crippen LogP) is 4.79. The van der Waals surface area contributed by atoms with Crippen molar-refractivity contribution in [3.8, 4) is 11.5 Å². The van der Waals surface area contributed by atoms with E-state index in [1.165, 1.54) is 4.90 Å². The summed E-state index contributed by atoms with van der Waals surface area (Å²) in [4.78, 5) is 14.6. The summed E-state index contributed by atoms with van der Waals surface area (Å²) in [6, 6.07) is 6.70. The van der Waals surface area contributed by atoms with Crippen LogP contribution < -0.4 is 9.47 Å². The SMILES string of the molecule is C[C@H](Oc1ccc(S(C)(=O)=O)cc1C(=O)N1Cc2cc(Cl)c(OC3CCOCC3)cc2C1)C(F)(F)F. The zero-order chi connectivity index (χ0) is 26.3. The van der Waals surface area contributed by atoms with Crippen molar-refractivity contribution < 1.29 is 40.6 Å². The molecule has 0 spiro atoms. The fourth-order valence-electron chi connectivity index (χ4n) is 4.04. The van der Waals surface area contributed by atoms with Gasteiger partial charge in [-0.25, -0.2) is 8.42 Å². The lowest BCUT2D eigenvalue weighted by atomic mass is 10.1. The van der Waals surface area contributed by atoms with E-state index in [9.17, 15) is 26.4 Å². The average molecular weight is 548 g/mol. The molecule has 2 aromatic carbocycles. The zero-order valence-electron chi connectivity index (χ0n) is 19.6.